The molecule has 0 bridgehead atoms. The minimum absolute atomic E-state index is 0.149. The Morgan fingerprint density at radius 2 is 1.52 bits per heavy atom. The summed E-state index contributed by atoms with van der Waals surface area (Å²) >= 11 is 0. The minimum atomic E-state index is -0.253. The van der Waals surface area contributed by atoms with Gasteiger partial charge in [0.1, 0.15) is 11.9 Å². The highest BCUT2D eigenvalue weighted by Gasteiger charge is 2.35. The zero-order valence-electron chi connectivity index (χ0n) is 14.4. The molecule has 1 aliphatic heterocycles. The molecule has 1 heterocycles. The molecule has 2 N–H and O–H groups in total. The normalized spacial score (nSPS) is 15.0. The summed E-state index contributed by atoms with van der Waals surface area (Å²) in [6.45, 7) is 5.17. The highest BCUT2D eigenvalue weighted by Crippen LogP contribution is 2.22. The number of hydrogen-bond acceptors (Lipinski definition) is 2. The SMILES string of the molecule is CC(C)[C@@H]([NH2+]CCN1C(=O)c2ccccc2C1=O)c1ccc(F)cc1. The third-order valence-corrected chi connectivity index (χ3v) is 4.62. The summed E-state index contributed by atoms with van der Waals surface area (Å²) in [6, 6.07) is 13.6. The highest BCUT2D eigenvalue weighted by molar-refractivity contribution is 6.21. The van der Waals surface area contributed by atoms with Gasteiger partial charge in [-0.05, 0) is 24.3 Å². The lowest BCUT2D eigenvalue weighted by molar-refractivity contribution is -0.701. The summed E-state index contributed by atoms with van der Waals surface area (Å²) in [5.41, 5.74) is 2.00. The summed E-state index contributed by atoms with van der Waals surface area (Å²) in [6.07, 6.45) is 0. The molecule has 0 radical (unpaired) electrons. The lowest BCUT2D eigenvalue weighted by Gasteiger charge is -2.21. The minimum Gasteiger partial charge on any atom is -0.338 e. The number of amides is 2. The van der Waals surface area contributed by atoms with Crippen LogP contribution in [-0.4, -0.2) is 29.8 Å². The van der Waals surface area contributed by atoms with Gasteiger partial charge >= 0.3 is 0 Å². The molecule has 0 saturated carbocycles. The van der Waals surface area contributed by atoms with Crippen LogP contribution < -0.4 is 5.32 Å². The van der Waals surface area contributed by atoms with Crippen LogP contribution in [0.1, 0.15) is 46.2 Å². The van der Waals surface area contributed by atoms with Crippen LogP contribution in [0.15, 0.2) is 48.5 Å². The first-order valence-corrected chi connectivity index (χ1v) is 8.53. The van der Waals surface area contributed by atoms with Crippen molar-refractivity contribution in [2.24, 2.45) is 5.92 Å². The molecular formula is C20H22FN2O2+. The van der Waals surface area contributed by atoms with E-state index in [9.17, 15) is 14.0 Å². The van der Waals surface area contributed by atoms with Gasteiger partial charge in [-0.2, -0.15) is 0 Å². The summed E-state index contributed by atoms with van der Waals surface area (Å²) in [5, 5.41) is 2.11. The van der Waals surface area contributed by atoms with Gasteiger partial charge in [0.15, 0.2) is 0 Å². The lowest BCUT2D eigenvalue weighted by Crippen LogP contribution is -2.87. The van der Waals surface area contributed by atoms with Gasteiger partial charge in [0, 0.05) is 11.5 Å². The van der Waals surface area contributed by atoms with E-state index in [2.05, 4.69) is 19.2 Å². The van der Waals surface area contributed by atoms with Crippen molar-refractivity contribution in [1.29, 1.82) is 0 Å². The standard InChI is InChI=1S/C20H21FN2O2/c1-13(2)18(14-7-9-15(21)10-8-14)22-11-12-23-19(24)16-5-3-4-6-17(16)20(23)25/h3-10,13,18,22H,11-12H2,1-2H3/p+1/t18-/m1/s1. The van der Waals surface area contributed by atoms with Crippen LogP contribution in [0, 0.1) is 11.7 Å². The quantitative estimate of drug-likeness (QED) is 0.820. The summed E-state index contributed by atoms with van der Waals surface area (Å²) in [5.74, 6) is -0.362. The summed E-state index contributed by atoms with van der Waals surface area (Å²) in [7, 11) is 0. The molecule has 0 spiro atoms. The number of quaternary nitrogens is 1. The van der Waals surface area contributed by atoms with Crippen LogP contribution in [0.25, 0.3) is 0 Å². The molecule has 2 aromatic rings. The third kappa shape index (κ3) is 3.46. The van der Waals surface area contributed by atoms with Gasteiger partial charge in [-0.25, -0.2) is 4.39 Å². The van der Waals surface area contributed by atoms with Crippen molar-refractivity contribution in [3.05, 3.63) is 71.0 Å². The van der Waals surface area contributed by atoms with Crippen molar-refractivity contribution in [2.75, 3.05) is 13.1 Å². The number of carbonyl (C=O) groups excluding carboxylic acids is 2. The van der Waals surface area contributed by atoms with Gasteiger partial charge in [-0.3, -0.25) is 14.5 Å². The monoisotopic (exact) mass is 341 g/mol. The Labute approximate surface area is 146 Å². The Kier molecular flexibility index (Phi) is 4.95. The predicted molar refractivity (Wildman–Crippen MR) is 92.6 cm³/mol. The number of carbonyl (C=O) groups is 2. The Hall–Kier alpha value is -2.53. The highest BCUT2D eigenvalue weighted by atomic mass is 19.1. The fraction of sp³-hybridized carbons (Fsp3) is 0.300. The van der Waals surface area contributed by atoms with Crippen molar-refractivity contribution in [3.63, 3.8) is 0 Å². The Balaban J connectivity index is 1.65. The van der Waals surface area contributed by atoms with E-state index in [-0.39, 0.29) is 23.7 Å². The molecule has 3 rings (SSSR count). The van der Waals surface area contributed by atoms with Crippen LogP contribution in [0.2, 0.25) is 0 Å². The lowest BCUT2D eigenvalue weighted by atomic mass is 9.96. The Morgan fingerprint density at radius 3 is 2.04 bits per heavy atom. The molecule has 0 saturated heterocycles. The molecule has 0 aliphatic carbocycles. The first-order chi connectivity index (χ1) is 12.0. The largest absolute Gasteiger partial charge is 0.338 e. The van der Waals surface area contributed by atoms with Gasteiger partial charge in [-0.1, -0.05) is 38.1 Å². The molecule has 130 valence electrons. The third-order valence-electron chi connectivity index (χ3n) is 4.62. The molecule has 2 aromatic carbocycles. The molecule has 1 atom stereocenters. The number of benzene rings is 2. The summed E-state index contributed by atoms with van der Waals surface area (Å²) in [4.78, 5) is 26.1. The topological polar surface area (TPSA) is 54.0 Å². The fourth-order valence-electron chi connectivity index (χ4n) is 3.30. The van der Waals surface area contributed by atoms with Crippen LogP contribution in [-0.2, 0) is 0 Å². The second-order valence-corrected chi connectivity index (χ2v) is 6.65. The first kappa shape index (κ1) is 17.3. The van der Waals surface area contributed by atoms with Crippen LogP contribution in [0.3, 0.4) is 0 Å². The van der Waals surface area contributed by atoms with Gasteiger partial charge in [0.25, 0.3) is 11.8 Å². The van der Waals surface area contributed by atoms with E-state index in [1.165, 1.54) is 17.0 Å². The molecule has 4 nitrogen and oxygen atoms in total. The Bertz CT molecular complexity index is 752. The molecule has 2 amide bonds. The summed E-state index contributed by atoms with van der Waals surface area (Å²) < 4.78 is 13.1. The van der Waals surface area contributed by atoms with Crippen LogP contribution >= 0.6 is 0 Å². The maximum Gasteiger partial charge on any atom is 0.261 e. The zero-order valence-corrected chi connectivity index (χ0v) is 14.4. The molecule has 1 aliphatic rings. The van der Waals surface area contributed by atoms with E-state index < -0.39 is 0 Å². The number of imide groups is 1. The smallest absolute Gasteiger partial charge is 0.261 e. The zero-order chi connectivity index (χ0) is 18.0. The predicted octanol–water partition coefficient (Wildman–Crippen LogP) is 2.38. The van der Waals surface area contributed by atoms with Gasteiger partial charge in [-0.15, -0.1) is 0 Å². The van der Waals surface area contributed by atoms with Gasteiger partial charge in [0.05, 0.1) is 24.2 Å². The van der Waals surface area contributed by atoms with Crippen molar-refractivity contribution < 1.29 is 19.3 Å². The van der Waals surface area contributed by atoms with E-state index in [0.29, 0.717) is 30.1 Å². The molecule has 25 heavy (non-hydrogen) atoms. The number of nitrogens with zero attached hydrogens (tertiary/aromatic N) is 1. The first-order valence-electron chi connectivity index (χ1n) is 8.53. The second-order valence-electron chi connectivity index (χ2n) is 6.65. The van der Waals surface area contributed by atoms with E-state index in [1.807, 2.05) is 0 Å². The fourth-order valence-corrected chi connectivity index (χ4v) is 3.30. The molecular weight excluding hydrogens is 319 g/mol. The average Bonchev–Trinajstić information content (AvgIpc) is 2.84. The number of halogens is 1. The van der Waals surface area contributed by atoms with Crippen molar-refractivity contribution >= 4 is 11.8 Å². The number of fused-ring (bicyclic) bond motifs is 1. The van der Waals surface area contributed by atoms with Gasteiger partial charge in [0.2, 0.25) is 0 Å². The van der Waals surface area contributed by atoms with Crippen LogP contribution in [0.4, 0.5) is 4.39 Å². The van der Waals surface area contributed by atoms with E-state index in [4.69, 9.17) is 0 Å². The van der Waals surface area contributed by atoms with E-state index in [1.54, 1.807) is 36.4 Å². The Morgan fingerprint density at radius 1 is 0.960 bits per heavy atom. The van der Waals surface area contributed by atoms with E-state index >= 15 is 0 Å². The second kappa shape index (κ2) is 7.15. The maximum absolute atomic E-state index is 13.1. The molecule has 0 aromatic heterocycles. The van der Waals surface area contributed by atoms with Crippen LogP contribution in [0.5, 0.6) is 0 Å². The number of rotatable bonds is 6. The number of nitrogens with two attached hydrogens (primary N) is 1. The molecule has 0 unspecified atom stereocenters. The van der Waals surface area contributed by atoms with E-state index in [0.717, 1.165) is 5.56 Å². The molecule has 5 heteroatoms. The average molecular weight is 341 g/mol. The van der Waals surface area contributed by atoms with Crippen molar-refractivity contribution in [3.8, 4) is 0 Å². The van der Waals surface area contributed by atoms with Crippen molar-refractivity contribution in [1.82, 2.24) is 4.90 Å². The maximum atomic E-state index is 13.1. The van der Waals surface area contributed by atoms with Crippen molar-refractivity contribution in [2.45, 2.75) is 19.9 Å². The van der Waals surface area contributed by atoms with Gasteiger partial charge < -0.3 is 5.32 Å². The number of hydrogen-bond donors (Lipinski definition) is 1. The molecule has 0 fully saturated rings.